The topological polar surface area (TPSA) is 15.3 Å². The van der Waals surface area contributed by atoms with E-state index in [1.165, 1.54) is 11.3 Å². The third kappa shape index (κ3) is 4.57. The molecule has 0 spiro atoms. The maximum absolute atomic E-state index is 14.9. The van der Waals surface area contributed by atoms with Crippen molar-refractivity contribution in [3.63, 3.8) is 0 Å². The van der Waals surface area contributed by atoms with Crippen molar-refractivity contribution in [3.8, 4) is 0 Å². The van der Waals surface area contributed by atoms with Crippen LogP contribution < -0.4 is 5.32 Å². The lowest BCUT2D eigenvalue weighted by atomic mass is 9.93. The van der Waals surface area contributed by atoms with Gasteiger partial charge in [-0.1, -0.05) is 12.1 Å². The monoisotopic (exact) mass is 486 g/mol. The molecular formula is C17H19F4IN2S. The number of hydrogen-bond donors (Lipinski definition) is 1. The normalized spacial score (nSPS) is 18.6. The molecule has 1 aliphatic heterocycles. The highest BCUT2D eigenvalue weighted by atomic mass is 127. The summed E-state index contributed by atoms with van der Waals surface area (Å²) in [4.78, 5) is 2.10. The Morgan fingerprint density at radius 3 is 2.60 bits per heavy atom. The molecule has 2 heterocycles. The zero-order chi connectivity index (χ0) is 18.2. The zero-order valence-corrected chi connectivity index (χ0v) is 16.7. The summed E-state index contributed by atoms with van der Waals surface area (Å²) in [6.07, 6.45) is -4.25. The van der Waals surface area contributed by atoms with Crippen molar-refractivity contribution >= 4 is 49.7 Å². The molecule has 0 aliphatic carbocycles. The van der Waals surface area contributed by atoms with Crippen LogP contribution in [0.15, 0.2) is 18.2 Å². The Bertz CT molecular complexity index is 751. The molecule has 8 heteroatoms. The second kappa shape index (κ2) is 7.19. The van der Waals surface area contributed by atoms with E-state index in [2.05, 4.69) is 10.2 Å². The minimum absolute atomic E-state index is 0.184. The Hall–Kier alpha value is -0.610. The molecule has 0 bridgehead atoms. The lowest BCUT2D eigenvalue weighted by Crippen LogP contribution is -2.43. The predicted octanol–water partition coefficient (Wildman–Crippen LogP) is 5.46. The standard InChI is InChI=1S/C17H19F4IN2S/c1-24-7-5-16(18,6-8-24)10-23-13-4-2-3-11-12(9-17(19,20)21)15(22)25-14(11)13/h2-4,23H,5-10H2,1H3. The molecule has 3 rings (SSSR count). The van der Waals surface area contributed by atoms with Crippen molar-refractivity contribution in [1.82, 2.24) is 4.90 Å². The van der Waals surface area contributed by atoms with Gasteiger partial charge in [0.05, 0.1) is 19.7 Å². The second-order valence-electron chi connectivity index (χ2n) is 6.64. The van der Waals surface area contributed by atoms with Gasteiger partial charge < -0.3 is 10.2 Å². The molecule has 2 nitrogen and oxygen atoms in total. The average Bonchev–Trinajstić information content (AvgIpc) is 2.84. The number of likely N-dealkylation sites (tertiary alicyclic amines) is 1. The van der Waals surface area contributed by atoms with E-state index in [1.54, 1.807) is 12.1 Å². The molecule has 0 amide bonds. The van der Waals surface area contributed by atoms with E-state index in [9.17, 15) is 17.6 Å². The van der Waals surface area contributed by atoms with Gasteiger partial charge in [-0.2, -0.15) is 13.2 Å². The van der Waals surface area contributed by atoms with Crippen LogP contribution in [0.2, 0.25) is 0 Å². The maximum Gasteiger partial charge on any atom is 0.393 e. The number of rotatable bonds is 4. The zero-order valence-electron chi connectivity index (χ0n) is 13.7. The summed E-state index contributed by atoms with van der Waals surface area (Å²) in [5.41, 5.74) is -0.246. The lowest BCUT2D eigenvalue weighted by molar-refractivity contribution is -0.127. The van der Waals surface area contributed by atoms with E-state index in [1.807, 2.05) is 35.7 Å². The van der Waals surface area contributed by atoms with E-state index in [0.29, 0.717) is 32.4 Å². The molecule has 0 radical (unpaired) electrons. The van der Waals surface area contributed by atoms with Crippen LogP contribution in [-0.2, 0) is 6.42 Å². The van der Waals surface area contributed by atoms with Gasteiger partial charge in [0, 0.05) is 19.6 Å². The number of alkyl halides is 4. The number of fused-ring (bicyclic) bond motifs is 1. The van der Waals surface area contributed by atoms with Crippen LogP contribution in [0.3, 0.4) is 0 Å². The quantitative estimate of drug-likeness (QED) is 0.457. The molecular weight excluding hydrogens is 467 g/mol. The van der Waals surface area contributed by atoms with Crippen molar-refractivity contribution < 1.29 is 17.6 Å². The van der Waals surface area contributed by atoms with E-state index >= 15 is 0 Å². The number of thiophene rings is 1. The molecule has 1 saturated heterocycles. The fraction of sp³-hybridized carbons (Fsp3) is 0.529. The first-order chi connectivity index (χ1) is 11.7. The highest BCUT2D eigenvalue weighted by molar-refractivity contribution is 14.1. The number of benzene rings is 1. The van der Waals surface area contributed by atoms with Crippen LogP contribution in [0.1, 0.15) is 18.4 Å². The number of anilines is 1. The lowest BCUT2D eigenvalue weighted by Gasteiger charge is -2.34. The van der Waals surface area contributed by atoms with Crippen LogP contribution in [0, 0.1) is 2.88 Å². The summed E-state index contributed by atoms with van der Waals surface area (Å²) in [5, 5.41) is 3.75. The van der Waals surface area contributed by atoms with Crippen molar-refractivity contribution in [2.75, 3.05) is 32.0 Å². The molecule has 138 valence electrons. The minimum Gasteiger partial charge on any atom is -0.381 e. The summed E-state index contributed by atoms with van der Waals surface area (Å²) in [7, 11) is 1.98. The van der Waals surface area contributed by atoms with Gasteiger partial charge >= 0.3 is 6.18 Å². The Kier molecular flexibility index (Phi) is 5.51. The van der Waals surface area contributed by atoms with Crippen molar-refractivity contribution in [2.24, 2.45) is 0 Å². The summed E-state index contributed by atoms with van der Waals surface area (Å²) >= 11 is 3.28. The summed E-state index contributed by atoms with van der Waals surface area (Å²) in [6.45, 7) is 1.62. The van der Waals surface area contributed by atoms with E-state index in [4.69, 9.17) is 0 Å². The van der Waals surface area contributed by atoms with Gasteiger partial charge in [-0.3, -0.25) is 0 Å². The Morgan fingerprint density at radius 2 is 1.96 bits per heavy atom. The van der Waals surface area contributed by atoms with Crippen molar-refractivity contribution in [2.45, 2.75) is 31.1 Å². The van der Waals surface area contributed by atoms with Crippen LogP contribution in [0.4, 0.5) is 23.2 Å². The average molecular weight is 486 g/mol. The summed E-state index contributed by atoms with van der Waals surface area (Å²) in [5.74, 6) is 0. The van der Waals surface area contributed by atoms with E-state index in [-0.39, 0.29) is 6.54 Å². The van der Waals surface area contributed by atoms with Crippen LogP contribution in [-0.4, -0.2) is 43.4 Å². The smallest absolute Gasteiger partial charge is 0.381 e. The Morgan fingerprint density at radius 1 is 1.28 bits per heavy atom. The van der Waals surface area contributed by atoms with Gasteiger partial charge in [-0.05, 0) is 59.5 Å². The second-order valence-corrected chi connectivity index (χ2v) is 9.47. The summed E-state index contributed by atoms with van der Waals surface area (Å²) in [6, 6.07) is 5.25. The number of nitrogens with one attached hydrogen (secondary N) is 1. The molecule has 1 fully saturated rings. The van der Waals surface area contributed by atoms with E-state index in [0.717, 1.165) is 17.8 Å². The SMILES string of the molecule is CN1CCC(F)(CNc2cccc3c(CC(F)(F)F)c(I)sc23)CC1. The molecule has 25 heavy (non-hydrogen) atoms. The molecule has 1 aromatic carbocycles. The fourth-order valence-corrected chi connectivity index (χ4v) is 5.27. The number of piperidine rings is 1. The Labute approximate surface area is 161 Å². The summed E-state index contributed by atoms with van der Waals surface area (Å²) < 4.78 is 54.8. The fourth-order valence-electron chi connectivity index (χ4n) is 3.10. The van der Waals surface area contributed by atoms with Crippen LogP contribution in [0.25, 0.3) is 10.1 Å². The molecule has 1 N–H and O–H groups in total. The maximum atomic E-state index is 14.9. The molecule has 1 aromatic heterocycles. The highest BCUT2D eigenvalue weighted by Crippen LogP contribution is 2.40. The minimum atomic E-state index is -4.24. The van der Waals surface area contributed by atoms with Gasteiger partial charge in [0.2, 0.25) is 0 Å². The van der Waals surface area contributed by atoms with Crippen LogP contribution in [0.5, 0.6) is 0 Å². The van der Waals surface area contributed by atoms with E-state index < -0.39 is 18.3 Å². The Balaban J connectivity index is 1.82. The van der Waals surface area contributed by atoms with Gasteiger partial charge in [-0.25, -0.2) is 4.39 Å². The predicted molar refractivity (Wildman–Crippen MR) is 103 cm³/mol. The van der Waals surface area contributed by atoms with Gasteiger partial charge in [0.1, 0.15) is 5.67 Å². The van der Waals surface area contributed by atoms with Gasteiger partial charge in [0.15, 0.2) is 0 Å². The largest absolute Gasteiger partial charge is 0.393 e. The first kappa shape index (κ1) is 19.2. The molecule has 0 saturated carbocycles. The van der Waals surface area contributed by atoms with Gasteiger partial charge in [0.25, 0.3) is 0 Å². The van der Waals surface area contributed by atoms with Gasteiger partial charge in [-0.15, -0.1) is 11.3 Å². The van der Waals surface area contributed by atoms with Crippen LogP contribution >= 0.6 is 33.9 Å². The molecule has 0 unspecified atom stereocenters. The third-order valence-electron chi connectivity index (χ3n) is 4.63. The number of halogens is 5. The third-order valence-corrected chi connectivity index (χ3v) is 7.01. The first-order valence-corrected chi connectivity index (χ1v) is 9.94. The first-order valence-electron chi connectivity index (χ1n) is 8.05. The van der Waals surface area contributed by atoms with Crippen molar-refractivity contribution in [3.05, 3.63) is 26.6 Å². The number of hydrogen-bond acceptors (Lipinski definition) is 3. The molecule has 1 aliphatic rings. The molecule has 2 aromatic rings. The van der Waals surface area contributed by atoms with Crippen molar-refractivity contribution in [1.29, 1.82) is 0 Å². The molecule has 0 atom stereocenters. The number of nitrogens with zero attached hydrogens (tertiary/aromatic N) is 1. The highest BCUT2D eigenvalue weighted by Gasteiger charge is 2.34.